The minimum atomic E-state index is 0.107. The van der Waals surface area contributed by atoms with Crippen molar-refractivity contribution in [2.75, 3.05) is 18.4 Å². The lowest BCUT2D eigenvalue weighted by Crippen LogP contribution is -2.37. The third-order valence-electron chi connectivity index (χ3n) is 4.24. The summed E-state index contributed by atoms with van der Waals surface area (Å²) in [5.41, 5.74) is 1.23. The Morgan fingerprint density at radius 2 is 2.05 bits per heavy atom. The summed E-state index contributed by atoms with van der Waals surface area (Å²) in [6, 6.07) is 0. The molecule has 0 radical (unpaired) electrons. The molecule has 1 atom stereocenters. The molecule has 1 unspecified atom stereocenters. The number of hydrogen-bond donors (Lipinski definition) is 2. The van der Waals surface area contributed by atoms with Gasteiger partial charge in [0, 0.05) is 11.4 Å². The van der Waals surface area contributed by atoms with E-state index in [9.17, 15) is 4.79 Å². The first-order chi connectivity index (χ1) is 9.83. The molecule has 2 heterocycles. The summed E-state index contributed by atoms with van der Waals surface area (Å²) in [7, 11) is 0. The summed E-state index contributed by atoms with van der Waals surface area (Å²) in [5, 5.41) is 7.14. The van der Waals surface area contributed by atoms with E-state index in [1.807, 2.05) is 0 Å². The van der Waals surface area contributed by atoms with E-state index in [1.54, 1.807) is 11.3 Å². The maximum Gasteiger partial charge on any atom is 0.230 e. The van der Waals surface area contributed by atoms with Crippen molar-refractivity contribution < 1.29 is 4.79 Å². The zero-order valence-electron chi connectivity index (χ0n) is 11.9. The third kappa shape index (κ3) is 3.38. The molecule has 1 aliphatic carbocycles. The first kappa shape index (κ1) is 14.0. The van der Waals surface area contributed by atoms with Gasteiger partial charge in [0.2, 0.25) is 5.91 Å². The molecule has 0 bridgehead atoms. The number of amides is 1. The van der Waals surface area contributed by atoms with Gasteiger partial charge in [-0.2, -0.15) is 0 Å². The van der Waals surface area contributed by atoms with Gasteiger partial charge in [-0.1, -0.05) is 12.8 Å². The number of aromatic nitrogens is 1. The Kier molecular flexibility index (Phi) is 4.68. The minimum Gasteiger partial charge on any atom is -0.316 e. The monoisotopic (exact) mass is 293 g/mol. The number of fused-ring (bicyclic) bond motifs is 1. The van der Waals surface area contributed by atoms with Crippen molar-refractivity contribution in [1.82, 2.24) is 10.3 Å². The van der Waals surface area contributed by atoms with E-state index in [4.69, 9.17) is 0 Å². The van der Waals surface area contributed by atoms with Crippen LogP contribution < -0.4 is 10.6 Å². The highest BCUT2D eigenvalue weighted by Crippen LogP contribution is 2.29. The zero-order valence-corrected chi connectivity index (χ0v) is 12.7. The summed E-state index contributed by atoms with van der Waals surface area (Å²) >= 11 is 1.69. The quantitative estimate of drug-likeness (QED) is 0.881. The average Bonchev–Trinajstić information content (AvgIpc) is 2.81. The van der Waals surface area contributed by atoms with Crippen molar-refractivity contribution in [3.8, 4) is 0 Å². The normalized spacial score (nSPS) is 23.5. The maximum absolute atomic E-state index is 12.2. The summed E-state index contributed by atoms with van der Waals surface area (Å²) in [4.78, 5) is 18.3. The number of thiazole rings is 1. The third-order valence-corrected chi connectivity index (χ3v) is 5.32. The van der Waals surface area contributed by atoms with Crippen molar-refractivity contribution in [1.29, 1.82) is 0 Å². The molecule has 1 aromatic heterocycles. The first-order valence-corrected chi connectivity index (χ1v) is 8.65. The smallest absolute Gasteiger partial charge is 0.230 e. The number of rotatable bonds is 2. The van der Waals surface area contributed by atoms with Gasteiger partial charge >= 0.3 is 0 Å². The highest BCUT2D eigenvalue weighted by molar-refractivity contribution is 7.15. The van der Waals surface area contributed by atoms with Crippen LogP contribution in [0, 0.1) is 5.92 Å². The fourth-order valence-corrected chi connectivity index (χ4v) is 4.09. The van der Waals surface area contributed by atoms with Crippen LogP contribution in [0.3, 0.4) is 0 Å². The number of aryl methyl sites for hydroxylation is 2. The van der Waals surface area contributed by atoms with Crippen molar-refractivity contribution in [3.05, 3.63) is 10.6 Å². The topological polar surface area (TPSA) is 54.0 Å². The summed E-state index contributed by atoms with van der Waals surface area (Å²) < 4.78 is 0. The van der Waals surface area contributed by atoms with Crippen molar-refractivity contribution in [2.24, 2.45) is 5.92 Å². The van der Waals surface area contributed by atoms with Crippen LogP contribution in [0.5, 0.6) is 0 Å². The van der Waals surface area contributed by atoms with Gasteiger partial charge in [0.15, 0.2) is 5.13 Å². The van der Waals surface area contributed by atoms with Crippen LogP contribution in [-0.2, 0) is 17.6 Å². The lowest BCUT2D eigenvalue weighted by molar-refractivity contribution is -0.120. The van der Waals surface area contributed by atoms with Crippen LogP contribution in [-0.4, -0.2) is 24.0 Å². The molecule has 0 spiro atoms. The maximum atomic E-state index is 12.2. The second-order valence-electron chi connectivity index (χ2n) is 5.84. The van der Waals surface area contributed by atoms with Gasteiger partial charge in [-0.25, -0.2) is 4.98 Å². The van der Waals surface area contributed by atoms with E-state index >= 15 is 0 Å². The number of carbonyl (C=O) groups excluding carboxylic acids is 1. The molecule has 4 nitrogen and oxygen atoms in total. The molecule has 0 aromatic carbocycles. The molecule has 2 aliphatic rings. The van der Waals surface area contributed by atoms with Crippen molar-refractivity contribution >= 4 is 22.4 Å². The van der Waals surface area contributed by atoms with E-state index < -0.39 is 0 Å². The van der Waals surface area contributed by atoms with Crippen LogP contribution in [0.1, 0.15) is 49.1 Å². The first-order valence-electron chi connectivity index (χ1n) is 7.83. The van der Waals surface area contributed by atoms with Crippen LogP contribution >= 0.6 is 11.3 Å². The van der Waals surface area contributed by atoms with Gasteiger partial charge in [0.1, 0.15) is 0 Å². The predicted molar refractivity (Wildman–Crippen MR) is 82.2 cm³/mol. The van der Waals surface area contributed by atoms with E-state index in [2.05, 4.69) is 15.6 Å². The molecule has 0 saturated carbocycles. The molecule has 1 fully saturated rings. The number of nitrogens with zero attached hydrogens (tertiary/aromatic N) is 1. The van der Waals surface area contributed by atoms with Gasteiger partial charge in [-0.05, 0) is 45.1 Å². The Hall–Kier alpha value is -0.940. The van der Waals surface area contributed by atoms with E-state index in [0.29, 0.717) is 0 Å². The SMILES string of the molecule is O=C(Nc1nc2c(s1)CCCCCC2)C1CCCNC1. The number of nitrogens with one attached hydrogen (secondary N) is 2. The lowest BCUT2D eigenvalue weighted by Gasteiger charge is -2.21. The molecule has 1 aromatic rings. The van der Waals surface area contributed by atoms with E-state index in [1.165, 1.54) is 36.3 Å². The summed E-state index contributed by atoms with van der Waals surface area (Å²) in [5.74, 6) is 0.245. The molecule has 1 saturated heterocycles. The van der Waals surface area contributed by atoms with Crippen LogP contribution in [0.2, 0.25) is 0 Å². The molecular weight excluding hydrogens is 270 g/mol. The van der Waals surface area contributed by atoms with Gasteiger partial charge in [-0.3, -0.25) is 4.79 Å². The Bertz CT molecular complexity index is 440. The van der Waals surface area contributed by atoms with Crippen molar-refractivity contribution in [2.45, 2.75) is 51.4 Å². The van der Waals surface area contributed by atoms with Gasteiger partial charge in [0.25, 0.3) is 0 Å². The van der Waals surface area contributed by atoms with E-state index in [0.717, 1.165) is 43.9 Å². The molecule has 5 heteroatoms. The molecule has 2 N–H and O–H groups in total. The number of anilines is 1. The molecule has 3 rings (SSSR count). The number of piperidine rings is 1. The fourth-order valence-electron chi connectivity index (χ4n) is 3.04. The average molecular weight is 293 g/mol. The fraction of sp³-hybridized carbons (Fsp3) is 0.733. The van der Waals surface area contributed by atoms with Gasteiger partial charge < -0.3 is 10.6 Å². The molecule has 110 valence electrons. The zero-order chi connectivity index (χ0) is 13.8. The van der Waals surface area contributed by atoms with Crippen LogP contribution in [0.4, 0.5) is 5.13 Å². The Labute approximate surface area is 124 Å². The van der Waals surface area contributed by atoms with Crippen LogP contribution in [0.15, 0.2) is 0 Å². The predicted octanol–water partition coefficient (Wildman–Crippen LogP) is 2.74. The van der Waals surface area contributed by atoms with Crippen LogP contribution in [0.25, 0.3) is 0 Å². The Morgan fingerprint density at radius 3 is 2.85 bits per heavy atom. The molecule has 1 amide bonds. The number of carbonyl (C=O) groups is 1. The highest BCUT2D eigenvalue weighted by atomic mass is 32.1. The molecule has 1 aliphatic heterocycles. The van der Waals surface area contributed by atoms with E-state index in [-0.39, 0.29) is 11.8 Å². The second-order valence-corrected chi connectivity index (χ2v) is 6.92. The summed E-state index contributed by atoms with van der Waals surface area (Å²) in [6.07, 6.45) is 9.42. The standard InChI is InChI=1S/C15H23N3OS/c19-14(11-6-5-9-16-10-11)18-15-17-12-7-3-1-2-4-8-13(12)20-15/h11,16H,1-10H2,(H,17,18,19). The molecule has 20 heavy (non-hydrogen) atoms. The minimum absolute atomic E-state index is 0.107. The van der Waals surface area contributed by atoms with Gasteiger partial charge in [0.05, 0.1) is 11.6 Å². The Morgan fingerprint density at radius 1 is 1.20 bits per heavy atom. The molecular formula is C15H23N3OS. The lowest BCUT2D eigenvalue weighted by atomic mass is 9.99. The Balaban J connectivity index is 1.64. The second kappa shape index (κ2) is 6.68. The highest BCUT2D eigenvalue weighted by Gasteiger charge is 2.22. The van der Waals surface area contributed by atoms with Gasteiger partial charge in [-0.15, -0.1) is 11.3 Å². The summed E-state index contributed by atoms with van der Waals surface area (Å²) in [6.45, 7) is 1.84. The number of hydrogen-bond acceptors (Lipinski definition) is 4. The van der Waals surface area contributed by atoms with Crippen molar-refractivity contribution in [3.63, 3.8) is 0 Å². The largest absolute Gasteiger partial charge is 0.316 e.